The second-order valence-electron chi connectivity index (χ2n) is 1.36. The molecule has 0 rings (SSSR count). The Bertz CT molecular complexity index is 136. The average molecular weight is 297 g/mol. The standard InChI is InChI=1S/C3H7NO2Se.H2O3Se/c4-2(1-7)3(5)6;1-4(2)3/h2,7H,1,4H2,(H,5,6);(H2,1,2,3). The molecule has 0 bridgehead atoms. The van der Waals surface area contributed by atoms with E-state index < -0.39 is 26.5 Å². The van der Waals surface area contributed by atoms with Crippen LogP contribution in [-0.2, 0) is 8.63 Å². The minimum absolute atomic E-state index is 0.433. The molecule has 8 heteroatoms. The Morgan fingerprint density at radius 3 is 1.91 bits per heavy atom. The monoisotopic (exact) mass is 299 g/mol. The van der Waals surface area contributed by atoms with Crippen molar-refractivity contribution in [2.45, 2.75) is 11.4 Å². The van der Waals surface area contributed by atoms with E-state index >= 15 is 0 Å². The van der Waals surface area contributed by atoms with Gasteiger partial charge in [-0.2, -0.15) is 0 Å². The zero-order valence-electron chi connectivity index (χ0n) is 5.38. The van der Waals surface area contributed by atoms with Crippen molar-refractivity contribution in [2.75, 3.05) is 0 Å². The third-order valence-corrected chi connectivity index (χ3v) is 1.34. The van der Waals surface area contributed by atoms with Gasteiger partial charge in [-0.25, -0.2) is 0 Å². The quantitative estimate of drug-likeness (QED) is 0.406. The first-order chi connectivity index (χ1) is 4.91. The van der Waals surface area contributed by atoms with Gasteiger partial charge in [0.1, 0.15) is 0 Å². The van der Waals surface area contributed by atoms with Gasteiger partial charge >= 0.3 is 75.7 Å². The topological polar surface area (TPSA) is 121 Å². The van der Waals surface area contributed by atoms with Crippen LogP contribution in [0.4, 0.5) is 0 Å². The molecule has 11 heavy (non-hydrogen) atoms. The molecule has 0 fully saturated rings. The maximum absolute atomic E-state index is 9.80. The van der Waals surface area contributed by atoms with E-state index in [0.717, 1.165) is 0 Å². The fourth-order valence-electron chi connectivity index (χ4n) is 0.0781. The van der Waals surface area contributed by atoms with E-state index in [9.17, 15) is 4.79 Å². The number of carboxylic acids is 1. The van der Waals surface area contributed by atoms with Crippen molar-refractivity contribution >= 4 is 36.5 Å². The van der Waals surface area contributed by atoms with E-state index in [2.05, 4.69) is 16.0 Å². The van der Waals surface area contributed by atoms with Crippen LogP contribution in [-0.4, -0.2) is 56.0 Å². The number of aliphatic carboxylic acids is 1. The van der Waals surface area contributed by atoms with Crippen LogP contribution in [0, 0.1) is 0 Å². The van der Waals surface area contributed by atoms with Crippen molar-refractivity contribution < 1.29 is 22.1 Å². The van der Waals surface area contributed by atoms with Gasteiger partial charge in [-0.05, 0) is 0 Å². The van der Waals surface area contributed by atoms with Crippen LogP contribution in [0.15, 0.2) is 0 Å². The van der Waals surface area contributed by atoms with Crippen molar-refractivity contribution in [3.8, 4) is 0 Å². The molecule has 68 valence electrons. The van der Waals surface area contributed by atoms with Gasteiger partial charge in [0.15, 0.2) is 0 Å². The van der Waals surface area contributed by atoms with Gasteiger partial charge in [0.05, 0.1) is 0 Å². The van der Waals surface area contributed by atoms with Gasteiger partial charge in [-0.1, -0.05) is 0 Å². The Hall–Kier alpha value is 0.189. The molecule has 6 nitrogen and oxygen atoms in total. The fraction of sp³-hybridized carbons (Fsp3) is 0.667. The Morgan fingerprint density at radius 1 is 1.64 bits per heavy atom. The van der Waals surface area contributed by atoms with Crippen LogP contribution in [0.25, 0.3) is 0 Å². The first-order valence-corrected chi connectivity index (χ1v) is 5.86. The second kappa shape index (κ2) is 8.29. The molecule has 0 aliphatic heterocycles. The van der Waals surface area contributed by atoms with Gasteiger partial charge in [0.25, 0.3) is 0 Å². The third-order valence-electron chi connectivity index (χ3n) is 0.514. The number of carboxylic acid groups (broad SMARTS) is 1. The molecular formula is C3H9NO5Se2. The first-order valence-electron chi connectivity index (χ1n) is 2.31. The van der Waals surface area contributed by atoms with Gasteiger partial charge in [0.2, 0.25) is 0 Å². The summed E-state index contributed by atoms with van der Waals surface area (Å²) >= 11 is -1.17. The van der Waals surface area contributed by atoms with Crippen molar-refractivity contribution in [1.29, 1.82) is 0 Å². The summed E-state index contributed by atoms with van der Waals surface area (Å²) in [6.07, 6.45) is 0. The molecule has 1 unspecified atom stereocenters. The predicted octanol–water partition coefficient (Wildman–Crippen LogP) is -2.90. The summed E-state index contributed by atoms with van der Waals surface area (Å²) in [4.78, 5) is 9.80. The number of hydrogen-bond acceptors (Lipinski definition) is 3. The molecule has 0 spiro atoms. The summed E-state index contributed by atoms with van der Waals surface area (Å²) in [5.41, 5.74) is 5.00. The maximum atomic E-state index is 9.80. The summed E-state index contributed by atoms with van der Waals surface area (Å²) in [6.45, 7) is 0. The zero-order chi connectivity index (χ0) is 9.44. The molecule has 0 heterocycles. The molecule has 0 saturated carbocycles. The van der Waals surface area contributed by atoms with Crippen LogP contribution in [0.3, 0.4) is 0 Å². The molecule has 0 aliphatic carbocycles. The van der Waals surface area contributed by atoms with Gasteiger partial charge in [-0.15, -0.1) is 0 Å². The fourth-order valence-corrected chi connectivity index (χ4v) is 0.406. The van der Waals surface area contributed by atoms with Crippen molar-refractivity contribution in [2.24, 2.45) is 5.73 Å². The minimum atomic E-state index is -3.29. The summed E-state index contributed by atoms with van der Waals surface area (Å²) in [7, 11) is 0. The molecule has 0 aromatic carbocycles. The summed E-state index contributed by atoms with van der Waals surface area (Å²) in [5, 5.41) is 8.48. The molecule has 0 saturated heterocycles. The molecule has 0 amide bonds. The second-order valence-corrected chi connectivity index (χ2v) is 3.09. The molecule has 0 radical (unpaired) electrons. The molecule has 1 atom stereocenters. The van der Waals surface area contributed by atoms with Crippen LogP contribution >= 0.6 is 0 Å². The van der Waals surface area contributed by atoms with E-state index in [1.165, 1.54) is 0 Å². The number of rotatable bonds is 2. The van der Waals surface area contributed by atoms with E-state index in [4.69, 9.17) is 23.1 Å². The van der Waals surface area contributed by atoms with E-state index in [-0.39, 0.29) is 0 Å². The summed E-state index contributed by atoms with van der Waals surface area (Å²) in [5.74, 6) is -0.944. The van der Waals surface area contributed by atoms with Crippen molar-refractivity contribution in [3.63, 3.8) is 0 Å². The predicted molar refractivity (Wildman–Crippen MR) is 38.4 cm³/mol. The van der Waals surface area contributed by atoms with Crippen LogP contribution in [0.5, 0.6) is 0 Å². The summed E-state index contributed by atoms with van der Waals surface area (Å²) < 4.78 is 23.1. The van der Waals surface area contributed by atoms with Gasteiger partial charge < -0.3 is 0 Å². The Morgan fingerprint density at radius 2 is 1.91 bits per heavy atom. The normalized spacial score (nSPS) is 11.7. The zero-order valence-corrected chi connectivity index (χ0v) is 8.97. The Balaban J connectivity index is 0. The number of nitrogens with two attached hydrogens (primary N) is 1. The van der Waals surface area contributed by atoms with E-state index in [1.54, 1.807) is 0 Å². The molecular weight excluding hydrogens is 288 g/mol. The van der Waals surface area contributed by atoms with Gasteiger partial charge in [0, 0.05) is 0 Å². The van der Waals surface area contributed by atoms with Gasteiger partial charge in [-0.3, -0.25) is 0 Å². The summed E-state index contributed by atoms with van der Waals surface area (Å²) in [6, 6.07) is -0.708. The molecule has 0 aliphatic rings. The SMILES string of the molecule is NC(C[SeH])C(=O)O.O=[Se](O)O. The van der Waals surface area contributed by atoms with Crippen LogP contribution in [0.1, 0.15) is 0 Å². The molecule has 0 aromatic heterocycles. The molecule has 5 N–H and O–H groups in total. The number of hydrogen-bond donors (Lipinski definition) is 4. The number of carbonyl (C=O) groups is 1. The van der Waals surface area contributed by atoms with Crippen molar-refractivity contribution in [3.05, 3.63) is 0 Å². The Kier molecular flexibility index (Phi) is 10.4. The first kappa shape index (κ1) is 13.8. The van der Waals surface area contributed by atoms with E-state index in [0.29, 0.717) is 5.32 Å². The van der Waals surface area contributed by atoms with Crippen LogP contribution in [0.2, 0.25) is 5.32 Å². The third kappa shape index (κ3) is 17.8. The average Bonchev–Trinajstić information content (AvgIpc) is 1.85. The van der Waals surface area contributed by atoms with Crippen LogP contribution < -0.4 is 5.73 Å². The Labute approximate surface area is 75.9 Å². The van der Waals surface area contributed by atoms with E-state index in [1.807, 2.05) is 0 Å². The van der Waals surface area contributed by atoms with Crippen molar-refractivity contribution in [1.82, 2.24) is 0 Å². The molecule has 0 aromatic rings.